The molecular weight excluding hydrogens is 166 g/mol. The summed E-state index contributed by atoms with van der Waals surface area (Å²) in [4.78, 5) is 10.2. The van der Waals surface area contributed by atoms with E-state index in [2.05, 4.69) is 6.58 Å². The predicted octanol–water partition coefficient (Wildman–Crippen LogP) is 2.08. The van der Waals surface area contributed by atoms with Crippen LogP contribution in [0.5, 0.6) is 0 Å². The molecule has 0 aromatic heterocycles. The Bertz CT molecular complexity index is 311. The number of hydrogen-bond acceptors (Lipinski definition) is 2. The molecule has 1 rings (SSSR count). The van der Waals surface area contributed by atoms with Crippen LogP contribution in [-0.2, 0) is 0 Å². The van der Waals surface area contributed by atoms with Crippen molar-refractivity contribution in [3.05, 3.63) is 48.6 Å². The summed E-state index contributed by atoms with van der Waals surface area (Å²) in [5, 5.41) is 15.9. The molecule has 3 nitrogen and oxygen atoms in total. The SMILES string of the molecule is C=CC#N.O=C(O)c1ccccc1. The van der Waals surface area contributed by atoms with Crippen LogP contribution in [0, 0.1) is 11.3 Å². The van der Waals surface area contributed by atoms with Crippen LogP contribution in [0.4, 0.5) is 0 Å². The van der Waals surface area contributed by atoms with Crippen LogP contribution < -0.4 is 0 Å². The highest BCUT2D eigenvalue weighted by Crippen LogP contribution is 1.96. The average molecular weight is 175 g/mol. The quantitative estimate of drug-likeness (QED) is 0.664. The minimum absolute atomic E-state index is 0.331. The van der Waals surface area contributed by atoms with Crippen molar-refractivity contribution in [2.45, 2.75) is 0 Å². The molecule has 0 aliphatic heterocycles. The van der Waals surface area contributed by atoms with Gasteiger partial charge in [-0.3, -0.25) is 0 Å². The van der Waals surface area contributed by atoms with Gasteiger partial charge in [-0.25, -0.2) is 4.79 Å². The number of aromatic carboxylic acids is 1. The van der Waals surface area contributed by atoms with Crippen molar-refractivity contribution in [3.63, 3.8) is 0 Å². The lowest BCUT2D eigenvalue weighted by atomic mass is 10.2. The third kappa shape index (κ3) is 5.22. The summed E-state index contributed by atoms with van der Waals surface area (Å²) in [6.45, 7) is 3.12. The highest BCUT2D eigenvalue weighted by molar-refractivity contribution is 5.87. The van der Waals surface area contributed by atoms with E-state index in [9.17, 15) is 4.79 Å². The Morgan fingerprint density at radius 2 is 1.92 bits per heavy atom. The maximum Gasteiger partial charge on any atom is 0.335 e. The molecule has 1 aromatic rings. The second kappa shape index (κ2) is 6.62. The van der Waals surface area contributed by atoms with Crippen molar-refractivity contribution >= 4 is 5.97 Å². The zero-order valence-corrected chi connectivity index (χ0v) is 6.97. The van der Waals surface area contributed by atoms with Crippen LogP contribution in [-0.4, -0.2) is 11.1 Å². The maximum atomic E-state index is 10.2. The van der Waals surface area contributed by atoms with Gasteiger partial charge in [0.2, 0.25) is 0 Å². The van der Waals surface area contributed by atoms with Crippen LogP contribution in [0.1, 0.15) is 10.4 Å². The van der Waals surface area contributed by atoms with Crippen LogP contribution in [0.2, 0.25) is 0 Å². The first-order valence-electron chi connectivity index (χ1n) is 3.51. The zero-order valence-electron chi connectivity index (χ0n) is 6.97. The fourth-order valence-electron chi connectivity index (χ4n) is 0.581. The van der Waals surface area contributed by atoms with E-state index >= 15 is 0 Å². The number of nitrogens with zero attached hydrogens (tertiary/aromatic N) is 1. The second-order valence-corrected chi connectivity index (χ2v) is 2.00. The van der Waals surface area contributed by atoms with Crippen LogP contribution in [0.3, 0.4) is 0 Å². The van der Waals surface area contributed by atoms with Gasteiger partial charge >= 0.3 is 5.97 Å². The van der Waals surface area contributed by atoms with Gasteiger partial charge in [-0.1, -0.05) is 24.8 Å². The molecule has 0 fully saturated rings. The number of rotatable bonds is 1. The number of carboxylic acid groups (broad SMARTS) is 1. The minimum Gasteiger partial charge on any atom is -0.478 e. The summed E-state index contributed by atoms with van der Waals surface area (Å²) < 4.78 is 0. The molecule has 0 spiro atoms. The predicted molar refractivity (Wildman–Crippen MR) is 49.2 cm³/mol. The molecule has 3 heteroatoms. The summed E-state index contributed by atoms with van der Waals surface area (Å²) in [7, 11) is 0. The van der Waals surface area contributed by atoms with E-state index in [1.165, 1.54) is 6.08 Å². The zero-order chi connectivity index (χ0) is 10.1. The van der Waals surface area contributed by atoms with Gasteiger partial charge in [-0.15, -0.1) is 0 Å². The molecule has 0 atom stereocenters. The second-order valence-electron chi connectivity index (χ2n) is 2.00. The van der Waals surface area contributed by atoms with E-state index < -0.39 is 5.97 Å². The Morgan fingerprint density at radius 1 is 1.46 bits per heavy atom. The molecule has 0 bridgehead atoms. The molecule has 0 amide bonds. The van der Waals surface area contributed by atoms with Crippen LogP contribution >= 0.6 is 0 Å². The van der Waals surface area contributed by atoms with Crippen molar-refractivity contribution in [1.29, 1.82) is 5.26 Å². The molecule has 1 N–H and O–H groups in total. The molecule has 0 radical (unpaired) electrons. The number of allylic oxidation sites excluding steroid dienone is 1. The van der Waals surface area contributed by atoms with Gasteiger partial charge in [-0.05, 0) is 12.1 Å². The Hall–Kier alpha value is -2.08. The van der Waals surface area contributed by atoms with Crippen molar-refractivity contribution in [2.24, 2.45) is 0 Å². The molecule has 0 saturated heterocycles. The molecule has 13 heavy (non-hydrogen) atoms. The highest BCUT2D eigenvalue weighted by atomic mass is 16.4. The third-order valence-electron chi connectivity index (χ3n) is 1.11. The number of carboxylic acids is 1. The lowest BCUT2D eigenvalue weighted by Crippen LogP contribution is -1.93. The summed E-state index contributed by atoms with van der Waals surface area (Å²) in [5.41, 5.74) is 0.331. The monoisotopic (exact) mass is 175 g/mol. The van der Waals surface area contributed by atoms with Crippen molar-refractivity contribution in [3.8, 4) is 6.07 Å². The number of nitriles is 1. The topological polar surface area (TPSA) is 61.1 Å². The Kier molecular flexibility index (Phi) is 5.56. The van der Waals surface area contributed by atoms with Crippen LogP contribution in [0.15, 0.2) is 43.0 Å². The number of hydrogen-bond donors (Lipinski definition) is 1. The Morgan fingerprint density at radius 3 is 2.15 bits per heavy atom. The summed E-state index contributed by atoms with van der Waals surface area (Å²) in [5.74, 6) is -0.879. The molecule has 0 unspecified atom stereocenters. The molecule has 0 saturated carbocycles. The number of benzene rings is 1. The highest BCUT2D eigenvalue weighted by Gasteiger charge is 1.96. The van der Waals surface area contributed by atoms with Gasteiger partial charge in [0, 0.05) is 6.08 Å². The van der Waals surface area contributed by atoms with Crippen molar-refractivity contribution in [2.75, 3.05) is 0 Å². The Labute approximate surface area is 76.6 Å². The minimum atomic E-state index is -0.879. The standard InChI is InChI=1S/C7H6O2.C3H3N/c8-7(9)6-4-2-1-3-5-6;1-2-3-4/h1-5H,(H,8,9);2H,1H2. The first-order chi connectivity index (χ1) is 6.22. The normalized spacial score (nSPS) is 7.31. The number of carbonyl (C=O) groups is 1. The van der Waals surface area contributed by atoms with Crippen molar-refractivity contribution in [1.82, 2.24) is 0 Å². The summed E-state index contributed by atoms with van der Waals surface area (Å²) in [6, 6.07) is 9.99. The molecule has 0 aliphatic carbocycles. The first-order valence-corrected chi connectivity index (χ1v) is 3.51. The van der Waals surface area contributed by atoms with Gasteiger partial charge in [0.15, 0.2) is 0 Å². The first kappa shape index (κ1) is 10.9. The van der Waals surface area contributed by atoms with E-state index in [0.717, 1.165) is 0 Å². The smallest absolute Gasteiger partial charge is 0.335 e. The van der Waals surface area contributed by atoms with Gasteiger partial charge < -0.3 is 5.11 Å². The summed E-state index contributed by atoms with van der Waals surface area (Å²) in [6.07, 6.45) is 1.18. The molecule has 66 valence electrons. The van der Waals surface area contributed by atoms with E-state index in [1.54, 1.807) is 36.4 Å². The maximum absolute atomic E-state index is 10.2. The van der Waals surface area contributed by atoms with E-state index in [4.69, 9.17) is 10.4 Å². The lowest BCUT2D eigenvalue weighted by molar-refractivity contribution is 0.0697. The van der Waals surface area contributed by atoms with Gasteiger partial charge in [0.25, 0.3) is 0 Å². The average Bonchev–Trinajstić information content (AvgIpc) is 2.19. The van der Waals surface area contributed by atoms with Gasteiger partial charge in [-0.2, -0.15) is 5.26 Å². The van der Waals surface area contributed by atoms with E-state index in [-0.39, 0.29) is 0 Å². The van der Waals surface area contributed by atoms with Gasteiger partial charge in [0.1, 0.15) is 0 Å². The molecule has 0 heterocycles. The van der Waals surface area contributed by atoms with E-state index in [0.29, 0.717) is 5.56 Å². The van der Waals surface area contributed by atoms with Crippen molar-refractivity contribution < 1.29 is 9.90 Å². The third-order valence-corrected chi connectivity index (χ3v) is 1.11. The molecule has 0 aliphatic rings. The Balaban J connectivity index is 0.000000310. The van der Waals surface area contributed by atoms with Gasteiger partial charge in [0.05, 0.1) is 11.6 Å². The van der Waals surface area contributed by atoms with E-state index in [1.807, 2.05) is 0 Å². The fraction of sp³-hybridized carbons (Fsp3) is 0. The summed E-state index contributed by atoms with van der Waals surface area (Å²) >= 11 is 0. The van der Waals surface area contributed by atoms with Crippen LogP contribution in [0.25, 0.3) is 0 Å². The largest absolute Gasteiger partial charge is 0.478 e. The molecule has 1 aromatic carbocycles. The fourth-order valence-corrected chi connectivity index (χ4v) is 0.581. The lowest BCUT2D eigenvalue weighted by Gasteiger charge is -1.88. The molecular formula is C10H9NO2.